The molecular weight excluding hydrogens is 168 g/mol. The highest BCUT2D eigenvalue weighted by Crippen LogP contribution is 1.91. The van der Waals surface area contributed by atoms with Gasteiger partial charge in [0.1, 0.15) is 5.84 Å². The van der Waals surface area contributed by atoms with Gasteiger partial charge in [0, 0.05) is 7.05 Å². The third-order valence-electron chi connectivity index (χ3n) is 0.990. The topological polar surface area (TPSA) is 120 Å². The number of hydrazine groups is 3. The molecule has 0 radical (unpaired) electrons. The summed E-state index contributed by atoms with van der Waals surface area (Å²) in [5.74, 6) is 6.06. The molecule has 0 aromatic carbocycles. The maximum absolute atomic E-state index is 8.36. The zero-order chi connectivity index (χ0) is 9.72. The molecule has 12 heavy (non-hydrogen) atoms. The van der Waals surface area contributed by atoms with E-state index in [1.807, 2.05) is 14.0 Å². The lowest BCUT2D eigenvalue weighted by Gasteiger charge is -2.11. The van der Waals surface area contributed by atoms with Crippen LogP contribution < -0.4 is 11.4 Å². The van der Waals surface area contributed by atoms with Gasteiger partial charge in [-0.2, -0.15) is 0 Å². The molecule has 70 valence electrons. The maximum Gasteiger partial charge on any atom is 0.291 e. The van der Waals surface area contributed by atoms with Crippen LogP contribution in [-0.4, -0.2) is 33.4 Å². The number of rotatable bonds is 0. The zero-order valence-corrected chi connectivity index (χ0v) is 6.63. The van der Waals surface area contributed by atoms with Crippen LogP contribution in [0, 0.1) is 10.1 Å². The van der Waals surface area contributed by atoms with Crippen LogP contribution in [0.1, 0.15) is 6.92 Å². The molecule has 0 saturated heterocycles. The van der Waals surface area contributed by atoms with Gasteiger partial charge in [-0.15, -0.1) is 26.0 Å². The molecule has 0 amide bonds. The second kappa shape index (κ2) is 4.31. The van der Waals surface area contributed by atoms with Crippen molar-refractivity contribution in [1.29, 1.82) is 0 Å². The minimum absolute atomic E-state index is 0.854. The fourth-order valence-corrected chi connectivity index (χ4v) is 0.471. The fraction of sp³-hybridized carbons (Fsp3) is 0.667. The number of nitrogens with zero attached hydrogens (tertiary/aromatic N) is 4. The molecule has 0 spiro atoms. The lowest BCUT2D eigenvalue weighted by Crippen LogP contribution is -2.43. The van der Waals surface area contributed by atoms with Crippen LogP contribution >= 0.6 is 0 Å². The molecular formula is C3H10N6O3. The second-order valence-electron chi connectivity index (χ2n) is 1.89. The van der Waals surface area contributed by atoms with E-state index < -0.39 is 5.09 Å². The molecule has 4 N–H and O–H groups in total. The van der Waals surface area contributed by atoms with E-state index in [9.17, 15) is 0 Å². The van der Waals surface area contributed by atoms with Crippen molar-refractivity contribution in [1.82, 2.24) is 15.8 Å². The van der Waals surface area contributed by atoms with Crippen molar-refractivity contribution >= 4 is 5.84 Å². The highest BCUT2D eigenvalue weighted by molar-refractivity contribution is 5.79. The molecule has 0 aromatic rings. The number of hydrogen-bond acceptors (Lipinski definition) is 7. The van der Waals surface area contributed by atoms with Crippen LogP contribution in [0.4, 0.5) is 0 Å². The smallest absolute Gasteiger partial charge is 0.291 e. The van der Waals surface area contributed by atoms with E-state index in [4.69, 9.17) is 21.2 Å². The van der Waals surface area contributed by atoms with Gasteiger partial charge in [-0.25, -0.2) is 5.84 Å². The Labute approximate surface area is 68.1 Å². The molecule has 0 aromatic heterocycles. The molecule has 9 nitrogen and oxygen atoms in total. The van der Waals surface area contributed by atoms with E-state index in [2.05, 4.69) is 10.6 Å². The number of hydrogen-bond donors (Lipinski definition) is 3. The second-order valence-corrected chi connectivity index (χ2v) is 1.89. The zero-order valence-electron chi connectivity index (χ0n) is 6.63. The average Bonchev–Trinajstić information content (AvgIpc) is 2.08. The van der Waals surface area contributed by atoms with Crippen LogP contribution in [0.5, 0.6) is 0 Å². The first-order chi connectivity index (χ1) is 5.43. The summed E-state index contributed by atoms with van der Waals surface area (Å²) in [6.07, 6.45) is 0. The first-order valence-corrected chi connectivity index (χ1v) is 2.86. The number of nitrogens with one attached hydrogen (secondary N) is 1. The molecule has 1 aliphatic rings. The van der Waals surface area contributed by atoms with Crippen molar-refractivity contribution in [3.05, 3.63) is 10.1 Å². The highest BCUT2D eigenvalue weighted by atomic mass is 16.9. The Hall–Kier alpha value is -1.61. The van der Waals surface area contributed by atoms with E-state index in [0.29, 0.717) is 0 Å². The molecule has 0 atom stereocenters. The molecule has 0 aliphatic carbocycles. The van der Waals surface area contributed by atoms with Crippen molar-refractivity contribution in [2.24, 2.45) is 10.9 Å². The Bertz CT molecular complexity index is 188. The molecule has 0 saturated carbocycles. The Morgan fingerprint density at radius 1 is 1.83 bits per heavy atom. The molecule has 1 aliphatic heterocycles. The van der Waals surface area contributed by atoms with Crippen molar-refractivity contribution in [3.63, 3.8) is 0 Å². The van der Waals surface area contributed by atoms with E-state index in [1.54, 1.807) is 5.01 Å². The van der Waals surface area contributed by atoms with Crippen LogP contribution in [0.2, 0.25) is 0 Å². The van der Waals surface area contributed by atoms with Crippen LogP contribution in [0.15, 0.2) is 5.10 Å². The number of hydrazone groups is 1. The minimum atomic E-state index is -1.50. The lowest BCUT2D eigenvalue weighted by atomic mass is 10.7. The first kappa shape index (κ1) is 10.4. The van der Waals surface area contributed by atoms with Gasteiger partial charge in [0.25, 0.3) is 5.09 Å². The number of nitrogens with two attached hydrogens (primary N) is 1. The summed E-state index contributed by atoms with van der Waals surface area (Å²) in [5, 5.41) is 20.3. The third kappa shape index (κ3) is 4.24. The quantitative estimate of drug-likeness (QED) is 0.235. The largest absolute Gasteiger partial charge is 0.328 e. The van der Waals surface area contributed by atoms with Gasteiger partial charge in [0.05, 0.1) is 0 Å². The Morgan fingerprint density at radius 2 is 2.25 bits per heavy atom. The standard InChI is InChI=1S/C3H9N5.HNO3/c1-3-5-8(4)6-7(3)2;2-1(3)4/h6H,4H2,1-2H3;(H,2,3,4). The van der Waals surface area contributed by atoms with Crippen molar-refractivity contribution in [2.45, 2.75) is 6.92 Å². The summed E-state index contributed by atoms with van der Waals surface area (Å²) >= 11 is 0. The number of amidine groups is 1. The summed E-state index contributed by atoms with van der Waals surface area (Å²) in [4.78, 5) is 8.36. The summed E-state index contributed by atoms with van der Waals surface area (Å²) in [7, 11) is 1.84. The fourth-order valence-electron chi connectivity index (χ4n) is 0.471. The lowest BCUT2D eigenvalue weighted by molar-refractivity contribution is -0.742. The van der Waals surface area contributed by atoms with Gasteiger partial charge >= 0.3 is 0 Å². The van der Waals surface area contributed by atoms with E-state index in [1.165, 1.54) is 0 Å². The van der Waals surface area contributed by atoms with Crippen LogP contribution in [0.3, 0.4) is 0 Å². The van der Waals surface area contributed by atoms with Crippen LogP contribution in [0.25, 0.3) is 0 Å². The van der Waals surface area contributed by atoms with E-state index in [0.717, 1.165) is 11.1 Å². The van der Waals surface area contributed by atoms with Crippen molar-refractivity contribution < 1.29 is 10.3 Å². The predicted octanol–water partition coefficient (Wildman–Crippen LogP) is -1.49. The van der Waals surface area contributed by atoms with Gasteiger partial charge < -0.3 is 5.21 Å². The van der Waals surface area contributed by atoms with Crippen molar-refractivity contribution in [3.8, 4) is 0 Å². The van der Waals surface area contributed by atoms with Gasteiger partial charge in [-0.3, -0.25) is 5.01 Å². The molecule has 0 unspecified atom stereocenters. The monoisotopic (exact) mass is 178 g/mol. The van der Waals surface area contributed by atoms with Gasteiger partial charge in [0.2, 0.25) is 0 Å². The Balaban J connectivity index is 0.000000261. The van der Waals surface area contributed by atoms with Crippen molar-refractivity contribution in [2.75, 3.05) is 7.05 Å². The predicted molar refractivity (Wildman–Crippen MR) is 38.8 cm³/mol. The van der Waals surface area contributed by atoms with Crippen LogP contribution in [-0.2, 0) is 0 Å². The van der Waals surface area contributed by atoms with Gasteiger partial charge in [0.15, 0.2) is 0 Å². The highest BCUT2D eigenvalue weighted by Gasteiger charge is 2.09. The minimum Gasteiger partial charge on any atom is -0.328 e. The third-order valence-corrected chi connectivity index (χ3v) is 0.990. The molecule has 9 heteroatoms. The SMILES string of the molecule is CC1=NN(N)NN1C.O=[N+]([O-])O. The molecule has 0 fully saturated rings. The molecule has 1 rings (SSSR count). The summed E-state index contributed by atoms with van der Waals surface area (Å²) < 4.78 is 0. The first-order valence-electron chi connectivity index (χ1n) is 2.86. The maximum atomic E-state index is 8.36. The summed E-state index contributed by atoms with van der Waals surface area (Å²) in [6, 6.07) is 0. The van der Waals surface area contributed by atoms with Gasteiger partial charge in [-0.05, 0) is 6.92 Å². The summed E-state index contributed by atoms with van der Waals surface area (Å²) in [6.45, 7) is 1.86. The Morgan fingerprint density at radius 3 is 2.33 bits per heavy atom. The molecule has 0 bridgehead atoms. The normalized spacial score (nSPS) is 15.1. The van der Waals surface area contributed by atoms with E-state index in [-0.39, 0.29) is 0 Å². The Kier molecular flexibility index (Phi) is 3.73. The van der Waals surface area contributed by atoms with Gasteiger partial charge in [-0.1, -0.05) is 0 Å². The van der Waals surface area contributed by atoms with E-state index >= 15 is 0 Å². The summed E-state index contributed by atoms with van der Waals surface area (Å²) in [5.41, 5.74) is 2.71. The average molecular weight is 178 g/mol. The molecule has 1 heterocycles.